The Bertz CT molecular complexity index is 630. The molecule has 0 aliphatic carbocycles. The van der Waals surface area contributed by atoms with Crippen LogP contribution in [0.3, 0.4) is 0 Å². The van der Waals surface area contributed by atoms with Gasteiger partial charge in [0.25, 0.3) is 0 Å². The molecule has 98 valence electrons. The molecule has 2 aromatic rings. The summed E-state index contributed by atoms with van der Waals surface area (Å²) >= 11 is 7.21. The van der Waals surface area contributed by atoms with Crippen molar-refractivity contribution in [3.63, 3.8) is 0 Å². The summed E-state index contributed by atoms with van der Waals surface area (Å²) in [6, 6.07) is 8.15. The Kier molecular flexibility index (Phi) is 4.80. The second-order valence-electron chi connectivity index (χ2n) is 3.64. The van der Waals surface area contributed by atoms with Crippen LogP contribution in [-0.2, 0) is 6.61 Å². The van der Waals surface area contributed by atoms with Crippen molar-refractivity contribution in [2.24, 2.45) is 5.73 Å². The molecule has 0 fully saturated rings. The number of thiophene rings is 1. The monoisotopic (exact) mass is 295 g/mol. The van der Waals surface area contributed by atoms with E-state index in [1.165, 1.54) is 23.5 Å². The predicted molar refractivity (Wildman–Crippen MR) is 76.0 cm³/mol. The van der Waals surface area contributed by atoms with Gasteiger partial charge in [0.05, 0.1) is 16.4 Å². The van der Waals surface area contributed by atoms with Crippen molar-refractivity contribution in [3.05, 3.63) is 50.9 Å². The molecule has 0 aliphatic rings. The van der Waals surface area contributed by atoms with Gasteiger partial charge in [-0.2, -0.15) is 0 Å². The van der Waals surface area contributed by atoms with E-state index in [2.05, 4.69) is 11.8 Å². The molecule has 2 N–H and O–H groups in total. The second-order valence-corrected chi connectivity index (χ2v) is 5.21. The zero-order chi connectivity index (χ0) is 13.7. The Morgan fingerprint density at radius 1 is 1.32 bits per heavy atom. The van der Waals surface area contributed by atoms with Crippen LogP contribution in [0, 0.1) is 17.7 Å². The molecular weight excluding hydrogens is 285 g/mol. The van der Waals surface area contributed by atoms with Crippen molar-refractivity contribution in [2.45, 2.75) is 6.61 Å². The first kappa shape index (κ1) is 13.9. The number of benzene rings is 1. The smallest absolute Gasteiger partial charge is 0.142 e. The van der Waals surface area contributed by atoms with Gasteiger partial charge in [-0.05, 0) is 24.3 Å². The molecule has 0 unspecified atom stereocenters. The Balaban J connectivity index is 1.98. The number of hydrogen-bond acceptors (Lipinski definition) is 3. The quantitative estimate of drug-likeness (QED) is 0.881. The predicted octanol–water partition coefficient (Wildman–Crippen LogP) is 3.43. The summed E-state index contributed by atoms with van der Waals surface area (Å²) in [6.45, 7) is 0.745. The molecule has 5 heteroatoms. The lowest BCUT2D eigenvalue weighted by Crippen LogP contribution is -1.93. The normalized spacial score (nSPS) is 9.84. The van der Waals surface area contributed by atoms with Crippen LogP contribution in [0.25, 0.3) is 0 Å². The molecule has 19 heavy (non-hydrogen) atoms. The lowest BCUT2D eigenvalue weighted by atomic mass is 10.3. The molecule has 2 rings (SSSR count). The van der Waals surface area contributed by atoms with Gasteiger partial charge in [0.15, 0.2) is 0 Å². The highest BCUT2D eigenvalue weighted by Gasteiger charge is 2.03. The van der Waals surface area contributed by atoms with E-state index >= 15 is 0 Å². The number of halogens is 2. The minimum atomic E-state index is -0.454. The average Bonchev–Trinajstić information content (AvgIpc) is 2.86. The van der Waals surface area contributed by atoms with E-state index in [9.17, 15) is 4.39 Å². The van der Waals surface area contributed by atoms with Crippen LogP contribution in [0.1, 0.15) is 9.75 Å². The molecule has 0 saturated carbocycles. The van der Waals surface area contributed by atoms with Crippen LogP contribution in [0.4, 0.5) is 4.39 Å². The Morgan fingerprint density at radius 3 is 2.89 bits per heavy atom. The lowest BCUT2D eigenvalue weighted by Gasteiger charge is -2.04. The standard InChI is InChI=1S/C14H11ClFNOS/c15-13-8-10(3-6-14(13)16)18-9-12-5-4-11(19-12)2-1-7-17/h3-6,8H,7,9,17H2. The molecular formula is C14H11ClFNOS. The van der Waals surface area contributed by atoms with E-state index in [-0.39, 0.29) is 5.02 Å². The third kappa shape index (κ3) is 3.97. The maximum atomic E-state index is 13.0. The minimum Gasteiger partial charge on any atom is -0.488 e. The van der Waals surface area contributed by atoms with Gasteiger partial charge >= 0.3 is 0 Å². The molecule has 0 aliphatic heterocycles. The zero-order valence-electron chi connectivity index (χ0n) is 9.95. The van der Waals surface area contributed by atoms with Crippen LogP contribution in [0.2, 0.25) is 5.02 Å². The first-order valence-corrected chi connectivity index (χ1v) is 6.74. The summed E-state index contributed by atoms with van der Waals surface area (Å²) in [5.41, 5.74) is 5.31. The lowest BCUT2D eigenvalue weighted by molar-refractivity contribution is 0.309. The van der Waals surface area contributed by atoms with Crippen molar-refractivity contribution in [1.29, 1.82) is 0 Å². The van der Waals surface area contributed by atoms with E-state index < -0.39 is 5.82 Å². The van der Waals surface area contributed by atoms with Crippen molar-refractivity contribution in [2.75, 3.05) is 6.54 Å². The third-order valence-corrected chi connectivity index (χ3v) is 3.51. The molecule has 2 nitrogen and oxygen atoms in total. The van der Waals surface area contributed by atoms with Gasteiger partial charge in [-0.15, -0.1) is 11.3 Å². The van der Waals surface area contributed by atoms with E-state index in [0.29, 0.717) is 18.9 Å². The summed E-state index contributed by atoms with van der Waals surface area (Å²) in [5, 5.41) is 0.0539. The SMILES string of the molecule is NCC#Cc1ccc(COc2ccc(F)c(Cl)c2)s1. The summed E-state index contributed by atoms with van der Waals surface area (Å²) < 4.78 is 18.5. The summed E-state index contributed by atoms with van der Waals surface area (Å²) in [7, 11) is 0. The molecule has 1 heterocycles. The number of hydrogen-bond donors (Lipinski definition) is 1. The van der Waals surface area contributed by atoms with Crippen LogP contribution in [-0.4, -0.2) is 6.54 Å². The van der Waals surface area contributed by atoms with Crippen LogP contribution < -0.4 is 10.5 Å². The average molecular weight is 296 g/mol. The Labute approximate surface area is 120 Å². The van der Waals surface area contributed by atoms with E-state index in [1.54, 1.807) is 6.07 Å². The number of ether oxygens (including phenoxy) is 1. The van der Waals surface area contributed by atoms with Crippen LogP contribution >= 0.6 is 22.9 Å². The topological polar surface area (TPSA) is 35.2 Å². The van der Waals surface area contributed by atoms with Gasteiger partial charge in [-0.1, -0.05) is 23.4 Å². The molecule has 0 amide bonds. The maximum Gasteiger partial charge on any atom is 0.142 e. The highest BCUT2D eigenvalue weighted by molar-refractivity contribution is 7.12. The molecule has 0 atom stereocenters. The fraction of sp³-hybridized carbons (Fsp3) is 0.143. The van der Waals surface area contributed by atoms with Gasteiger partial charge in [0.1, 0.15) is 18.2 Å². The Morgan fingerprint density at radius 2 is 2.16 bits per heavy atom. The molecule has 0 radical (unpaired) electrons. The molecule has 0 bridgehead atoms. The van der Waals surface area contributed by atoms with Crippen molar-refractivity contribution in [1.82, 2.24) is 0 Å². The number of rotatable bonds is 3. The van der Waals surface area contributed by atoms with Gasteiger partial charge in [-0.25, -0.2) is 4.39 Å². The third-order valence-electron chi connectivity index (χ3n) is 2.25. The highest BCUT2D eigenvalue weighted by atomic mass is 35.5. The van der Waals surface area contributed by atoms with Gasteiger partial charge in [0.2, 0.25) is 0 Å². The number of nitrogens with two attached hydrogens (primary N) is 1. The van der Waals surface area contributed by atoms with Crippen molar-refractivity contribution >= 4 is 22.9 Å². The van der Waals surface area contributed by atoms with Crippen LogP contribution in [0.5, 0.6) is 5.75 Å². The summed E-state index contributed by atoms with van der Waals surface area (Å²) in [5.74, 6) is 5.83. The fourth-order valence-corrected chi connectivity index (χ4v) is 2.35. The van der Waals surface area contributed by atoms with E-state index in [4.69, 9.17) is 22.1 Å². The first-order chi connectivity index (χ1) is 9.19. The fourth-order valence-electron chi connectivity index (χ4n) is 1.38. The van der Waals surface area contributed by atoms with Gasteiger partial charge in [-0.3, -0.25) is 0 Å². The largest absolute Gasteiger partial charge is 0.488 e. The van der Waals surface area contributed by atoms with E-state index in [1.807, 2.05) is 12.1 Å². The van der Waals surface area contributed by atoms with Crippen molar-refractivity contribution < 1.29 is 9.13 Å². The van der Waals surface area contributed by atoms with Gasteiger partial charge in [0, 0.05) is 10.9 Å². The molecule has 1 aromatic carbocycles. The Hall–Kier alpha value is -1.54. The molecule has 0 spiro atoms. The molecule has 1 aromatic heterocycles. The maximum absolute atomic E-state index is 13.0. The van der Waals surface area contributed by atoms with Crippen molar-refractivity contribution in [3.8, 4) is 17.6 Å². The van der Waals surface area contributed by atoms with Crippen LogP contribution in [0.15, 0.2) is 30.3 Å². The first-order valence-electron chi connectivity index (χ1n) is 5.54. The second kappa shape index (κ2) is 6.58. The van der Waals surface area contributed by atoms with Gasteiger partial charge < -0.3 is 10.5 Å². The molecule has 0 saturated heterocycles. The zero-order valence-corrected chi connectivity index (χ0v) is 11.5. The summed E-state index contributed by atoms with van der Waals surface area (Å²) in [4.78, 5) is 1.97. The summed E-state index contributed by atoms with van der Waals surface area (Å²) in [6.07, 6.45) is 0. The van der Waals surface area contributed by atoms with E-state index in [0.717, 1.165) is 9.75 Å². The minimum absolute atomic E-state index is 0.0539. The highest BCUT2D eigenvalue weighted by Crippen LogP contribution is 2.23.